The van der Waals surface area contributed by atoms with Crippen LogP contribution in [-0.4, -0.2) is 160 Å². The number of aromatic hydroxyl groups is 1. The van der Waals surface area contributed by atoms with E-state index in [1.165, 1.54) is 43.0 Å². The average molecular weight is 1010 g/mol. The van der Waals surface area contributed by atoms with Crippen molar-refractivity contribution in [2.24, 2.45) is 34.8 Å². The van der Waals surface area contributed by atoms with Gasteiger partial charge in [0.1, 0.15) is 54.1 Å². The molecule has 72 heavy (non-hydrogen) atoms. The van der Waals surface area contributed by atoms with Gasteiger partial charge in [0.15, 0.2) is 0 Å². The molecule has 2 aliphatic heterocycles. The van der Waals surface area contributed by atoms with Gasteiger partial charge in [-0.25, -0.2) is 0 Å². The van der Waals surface area contributed by atoms with Gasteiger partial charge in [0.2, 0.25) is 70.9 Å². The quantitative estimate of drug-likeness (QED) is 0.0415. The molecule has 26 nitrogen and oxygen atoms in total. The summed E-state index contributed by atoms with van der Waals surface area (Å²) in [4.78, 5) is 161. The van der Waals surface area contributed by atoms with Gasteiger partial charge in [0, 0.05) is 19.4 Å². The highest BCUT2D eigenvalue weighted by molar-refractivity contribution is 6.01. The van der Waals surface area contributed by atoms with Crippen LogP contribution >= 0.6 is 0 Å². The smallest absolute Gasteiger partial charge is 0.245 e. The lowest BCUT2D eigenvalue weighted by Gasteiger charge is -2.40. The van der Waals surface area contributed by atoms with E-state index in [1.807, 2.05) is 13.8 Å². The third-order valence-electron chi connectivity index (χ3n) is 12.2. The van der Waals surface area contributed by atoms with Gasteiger partial charge >= 0.3 is 0 Å². The zero-order chi connectivity index (χ0) is 54.1. The van der Waals surface area contributed by atoms with Gasteiger partial charge in [-0.3, -0.25) is 57.5 Å². The van der Waals surface area contributed by atoms with E-state index in [1.54, 1.807) is 13.8 Å². The Balaban J connectivity index is 1.86. The number of primary amides is 3. The number of phenolic OH excluding ortho intramolecular Hbond substituents is 1. The molecule has 2 heterocycles. The molecule has 2 fully saturated rings. The molecular weight excluding hydrogens is 943 g/mol. The zero-order valence-corrected chi connectivity index (χ0v) is 41.5. The SMILES string of the molecule is CC[C@H](C)[C@H](NC(=O)[C@H](Cc1ccc(O)cc1)NC(=O)[C@H](C)N)C(=O)N[C@@H](CCC(N)=O)C(=O)N1C[C@H](C(=O)N[C@@H](C)C(=O)N2CCC[C@H]2C(=O)N[C@@H](CC(C)C)C(=O)NCC(N)=O)NC(=O)[C@@H]1CC(N)=O. The largest absolute Gasteiger partial charge is 0.508 e. The molecule has 2 saturated heterocycles. The molecule has 2 aliphatic rings. The topological polar surface area (TPSA) is 420 Å². The summed E-state index contributed by atoms with van der Waals surface area (Å²) in [5.41, 5.74) is 22.4. The number of piperazine rings is 1. The molecule has 1 aromatic rings. The van der Waals surface area contributed by atoms with E-state index >= 15 is 0 Å². The van der Waals surface area contributed by atoms with Gasteiger partial charge < -0.3 is 75.1 Å². The molecule has 0 unspecified atom stereocenters. The van der Waals surface area contributed by atoms with Crippen LogP contribution < -0.4 is 60.2 Å². The Morgan fingerprint density at radius 2 is 1.38 bits per heavy atom. The van der Waals surface area contributed by atoms with Gasteiger partial charge in [-0.15, -0.1) is 0 Å². The summed E-state index contributed by atoms with van der Waals surface area (Å²) in [6.45, 7) is 8.76. The Morgan fingerprint density at radius 1 is 0.736 bits per heavy atom. The lowest BCUT2D eigenvalue weighted by molar-refractivity contribution is -0.151. The van der Waals surface area contributed by atoms with Gasteiger partial charge in [-0.1, -0.05) is 46.2 Å². The minimum absolute atomic E-state index is 0.0432. The Kier molecular flexibility index (Phi) is 22.3. The first-order valence-electron chi connectivity index (χ1n) is 23.8. The lowest BCUT2D eigenvalue weighted by atomic mass is 9.96. The van der Waals surface area contributed by atoms with Crippen molar-refractivity contribution in [2.75, 3.05) is 19.6 Å². The van der Waals surface area contributed by atoms with E-state index in [0.717, 1.165) is 4.90 Å². The van der Waals surface area contributed by atoms with Crippen LogP contribution in [0.2, 0.25) is 0 Å². The molecule has 16 N–H and O–H groups in total. The number of nitrogens with one attached hydrogen (secondary N) is 7. The van der Waals surface area contributed by atoms with Gasteiger partial charge in [0.05, 0.1) is 25.6 Å². The van der Waals surface area contributed by atoms with Crippen LogP contribution in [0.15, 0.2) is 24.3 Å². The predicted octanol–water partition coefficient (Wildman–Crippen LogP) is -4.75. The summed E-state index contributed by atoms with van der Waals surface area (Å²) in [5, 5.41) is 27.5. The zero-order valence-electron chi connectivity index (χ0n) is 41.5. The van der Waals surface area contributed by atoms with Crippen LogP contribution in [0.5, 0.6) is 5.75 Å². The summed E-state index contributed by atoms with van der Waals surface area (Å²) >= 11 is 0. The van der Waals surface area contributed by atoms with E-state index in [2.05, 4.69) is 37.2 Å². The van der Waals surface area contributed by atoms with E-state index in [4.69, 9.17) is 22.9 Å². The molecular formula is C46H71N13O13. The Labute approximate surface area is 416 Å². The van der Waals surface area contributed by atoms with Crippen molar-refractivity contribution in [2.45, 2.75) is 147 Å². The van der Waals surface area contributed by atoms with Crippen molar-refractivity contribution in [1.82, 2.24) is 47.0 Å². The van der Waals surface area contributed by atoms with E-state index in [9.17, 15) is 62.6 Å². The number of carbonyl (C=O) groups is 12. The maximum atomic E-state index is 14.6. The Hall–Kier alpha value is -7.38. The first kappa shape index (κ1) is 58.9. The van der Waals surface area contributed by atoms with Crippen molar-refractivity contribution >= 4 is 70.9 Å². The molecule has 0 aliphatic carbocycles. The van der Waals surface area contributed by atoms with Gasteiger partial charge in [0.25, 0.3) is 0 Å². The van der Waals surface area contributed by atoms with Gasteiger partial charge in [-0.05, 0) is 69.1 Å². The van der Waals surface area contributed by atoms with Gasteiger partial charge in [-0.2, -0.15) is 0 Å². The second-order valence-electron chi connectivity index (χ2n) is 18.7. The van der Waals surface area contributed by atoms with Crippen LogP contribution in [0.25, 0.3) is 0 Å². The summed E-state index contributed by atoms with van der Waals surface area (Å²) in [5.74, 6) is -10.8. The number of phenols is 1. The molecule has 398 valence electrons. The third kappa shape index (κ3) is 17.5. The third-order valence-corrected chi connectivity index (χ3v) is 12.2. The van der Waals surface area contributed by atoms with Crippen LogP contribution in [0.1, 0.15) is 92.1 Å². The van der Waals surface area contributed by atoms with Crippen molar-refractivity contribution in [3.8, 4) is 5.75 Å². The number of nitrogens with zero attached hydrogens (tertiary/aromatic N) is 2. The van der Waals surface area contributed by atoms with Crippen molar-refractivity contribution in [3.05, 3.63) is 29.8 Å². The molecule has 12 amide bonds. The monoisotopic (exact) mass is 1010 g/mol. The van der Waals surface area contributed by atoms with E-state index in [-0.39, 0.29) is 37.5 Å². The van der Waals surface area contributed by atoms with Crippen LogP contribution in [-0.2, 0) is 64.0 Å². The van der Waals surface area contributed by atoms with Crippen molar-refractivity contribution in [3.63, 3.8) is 0 Å². The number of nitrogens with two attached hydrogens (primary N) is 4. The normalized spacial score (nSPS) is 19.4. The highest BCUT2D eigenvalue weighted by atomic mass is 16.3. The number of carbonyl (C=O) groups excluding carboxylic acids is 12. The molecule has 0 aromatic heterocycles. The summed E-state index contributed by atoms with van der Waals surface area (Å²) < 4.78 is 0. The number of hydrogen-bond donors (Lipinski definition) is 12. The fourth-order valence-electron chi connectivity index (χ4n) is 8.10. The predicted molar refractivity (Wildman–Crippen MR) is 256 cm³/mol. The second-order valence-corrected chi connectivity index (χ2v) is 18.7. The second kappa shape index (κ2) is 27.3. The highest BCUT2D eigenvalue weighted by Crippen LogP contribution is 2.21. The van der Waals surface area contributed by atoms with E-state index in [0.29, 0.717) is 18.4 Å². The molecule has 0 radical (unpaired) electrons. The molecule has 0 spiro atoms. The Bertz CT molecular complexity index is 2190. The molecule has 26 heteroatoms. The maximum Gasteiger partial charge on any atom is 0.245 e. The summed E-state index contributed by atoms with van der Waals surface area (Å²) in [6.07, 6.45) is -0.615. The molecule has 3 rings (SSSR count). The standard InChI is InChI=1S/C46H71N13O13/c1-7-23(4)37(57-40(66)30(54-38(64)24(5)47)18-26-10-12-27(60)13-11-26)44(70)53-28(14-15-34(48)61)46(72)59-21-31(56-43(69)33(59)19-35(49)62)41(67)52-25(6)45(71)58-16-8-9-32(58)42(68)55-29(17-22(2)3)39(65)51-20-36(50)63/h10-13,22-25,28-33,37,60H,7-9,14-21,47H2,1-6H3,(H2,48,61)(H2,49,62)(H2,50,63)(H,51,65)(H,52,67)(H,53,70)(H,54,64)(H,55,68)(H,56,69)(H,57,66)/t23-,24-,25-,28-,29-,30-,31+,32-,33-,37-/m0/s1. The van der Waals surface area contributed by atoms with Crippen molar-refractivity contribution in [1.29, 1.82) is 0 Å². The summed E-state index contributed by atoms with van der Waals surface area (Å²) in [6, 6.07) is -6.10. The highest BCUT2D eigenvalue weighted by Gasteiger charge is 2.45. The lowest BCUT2D eigenvalue weighted by Crippen LogP contribution is -2.68. The fraction of sp³-hybridized carbons (Fsp3) is 0.609. The minimum Gasteiger partial charge on any atom is -0.508 e. The number of benzene rings is 1. The minimum atomic E-state index is -1.66. The fourth-order valence-corrected chi connectivity index (χ4v) is 8.10. The number of amides is 12. The van der Waals surface area contributed by atoms with Crippen molar-refractivity contribution < 1.29 is 62.6 Å². The maximum absolute atomic E-state index is 14.6. The number of rotatable bonds is 26. The van der Waals surface area contributed by atoms with Crippen LogP contribution in [0.4, 0.5) is 0 Å². The Morgan fingerprint density at radius 3 is 1.94 bits per heavy atom. The molecule has 10 atom stereocenters. The molecule has 0 saturated carbocycles. The number of likely N-dealkylation sites (tertiary alicyclic amines) is 1. The molecule has 0 bridgehead atoms. The first-order valence-corrected chi connectivity index (χ1v) is 23.8. The first-order chi connectivity index (χ1) is 33.7. The van der Waals surface area contributed by atoms with Crippen LogP contribution in [0, 0.1) is 11.8 Å². The number of hydrogen-bond acceptors (Lipinski definition) is 14. The van der Waals surface area contributed by atoms with E-state index < -0.39 is 164 Å². The summed E-state index contributed by atoms with van der Waals surface area (Å²) in [7, 11) is 0. The average Bonchev–Trinajstić information content (AvgIpc) is 3.81. The van der Waals surface area contributed by atoms with Crippen LogP contribution in [0.3, 0.4) is 0 Å². The molecule has 1 aromatic carbocycles.